The Labute approximate surface area is 103 Å². The lowest BCUT2D eigenvalue weighted by molar-refractivity contribution is -0.133. The van der Waals surface area contributed by atoms with Crippen molar-refractivity contribution >= 4 is 5.97 Å². The molecule has 0 aromatic carbocycles. The summed E-state index contributed by atoms with van der Waals surface area (Å²) >= 11 is 0. The van der Waals surface area contributed by atoms with Crippen molar-refractivity contribution in [2.24, 2.45) is 10.8 Å². The number of allylic oxidation sites excluding steroid dienone is 2. The molecule has 0 saturated heterocycles. The van der Waals surface area contributed by atoms with E-state index in [9.17, 15) is 4.79 Å². The maximum absolute atomic E-state index is 11.0. The molecule has 2 aliphatic carbocycles. The third kappa shape index (κ3) is 1.84. The van der Waals surface area contributed by atoms with E-state index in [-0.39, 0.29) is 10.8 Å². The van der Waals surface area contributed by atoms with Crippen molar-refractivity contribution in [3.8, 4) is 0 Å². The number of carboxylic acid groups (broad SMARTS) is 1. The second kappa shape index (κ2) is 4.01. The average molecular weight is 234 g/mol. The molecule has 1 spiro atoms. The minimum Gasteiger partial charge on any atom is -0.478 e. The number of aliphatic carboxylic acids is 1. The first-order valence-corrected chi connectivity index (χ1v) is 6.50. The predicted molar refractivity (Wildman–Crippen MR) is 68.8 cm³/mol. The van der Waals surface area contributed by atoms with E-state index in [1.165, 1.54) is 18.4 Å². The Bertz CT molecular complexity index is 390. The van der Waals surface area contributed by atoms with Crippen molar-refractivity contribution in [2.75, 3.05) is 0 Å². The van der Waals surface area contributed by atoms with Gasteiger partial charge in [0.2, 0.25) is 0 Å². The van der Waals surface area contributed by atoms with Gasteiger partial charge in [-0.05, 0) is 49.4 Å². The summed E-state index contributed by atoms with van der Waals surface area (Å²) in [6.07, 6.45) is 8.00. The first kappa shape index (κ1) is 12.4. The van der Waals surface area contributed by atoms with Crippen LogP contribution in [0.25, 0.3) is 0 Å². The zero-order chi connectivity index (χ0) is 12.7. The summed E-state index contributed by atoms with van der Waals surface area (Å²) in [5.74, 6) is -0.751. The highest BCUT2D eigenvalue weighted by Crippen LogP contribution is 2.59. The molecule has 1 N–H and O–H groups in total. The maximum Gasteiger partial charge on any atom is 0.331 e. The summed E-state index contributed by atoms with van der Waals surface area (Å²) in [7, 11) is 0. The molecule has 0 amide bonds. The van der Waals surface area contributed by atoms with Crippen LogP contribution in [0.2, 0.25) is 0 Å². The van der Waals surface area contributed by atoms with Crippen LogP contribution in [0.1, 0.15) is 52.4 Å². The monoisotopic (exact) mass is 234 g/mol. The summed E-state index contributed by atoms with van der Waals surface area (Å²) in [5.41, 5.74) is 2.33. The van der Waals surface area contributed by atoms with Gasteiger partial charge < -0.3 is 5.11 Å². The second-order valence-corrected chi connectivity index (χ2v) is 6.16. The molecule has 17 heavy (non-hydrogen) atoms. The third-order valence-electron chi connectivity index (χ3n) is 5.05. The van der Waals surface area contributed by atoms with Crippen LogP contribution < -0.4 is 0 Å². The minimum absolute atomic E-state index is 0.143. The molecule has 2 rings (SSSR count). The SMILES string of the molecule is C=C1CCCC(C)(C)[C@]12CC=C(C(=O)O)CC2. The van der Waals surface area contributed by atoms with Crippen LogP contribution in [0.15, 0.2) is 23.8 Å². The summed E-state index contributed by atoms with van der Waals surface area (Å²) in [6.45, 7) is 8.91. The molecule has 1 saturated carbocycles. The molecule has 2 aliphatic rings. The fourth-order valence-electron chi connectivity index (χ4n) is 3.68. The lowest BCUT2D eigenvalue weighted by Gasteiger charge is -2.53. The molecule has 0 aromatic heterocycles. The molecule has 1 fully saturated rings. The van der Waals surface area contributed by atoms with Crippen molar-refractivity contribution in [3.63, 3.8) is 0 Å². The summed E-state index contributed by atoms with van der Waals surface area (Å²) in [5, 5.41) is 9.03. The Hall–Kier alpha value is -1.05. The molecule has 0 aromatic rings. The van der Waals surface area contributed by atoms with Gasteiger partial charge in [0.25, 0.3) is 0 Å². The van der Waals surface area contributed by atoms with E-state index >= 15 is 0 Å². The van der Waals surface area contributed by atoms with E-state index in [0.717, 1.165) is 19.3 Å². The molecule has 0 heterocycles. The van der Waals surface area contributed by atoms with Crippen LogP contribution in [0.3, 0.4) is 0 Å². The first-order valence-electron chi connectivity index (χ1n) is 6.50. The zero-order valence-electron chi connectivity index (χ0n) is 10.9. The molecule has 0 aliphatic heterocycles. The van der Waals surface area contributed by atoms with Crippen LogP contribution in [-0.2, 0) is 4.79 Å². The highest BCUT2D eigenvalue weighted by Gasteiger charge is 2.49. The van der Waals surface area contributed by atoms with Gasteiger partial charge in [0.1, 0.15) is 0 Å². The van der Waals surface area contributed by atoms with Crippen LogP contribution in [0.5, 0.6) is 0 Å². The van der Waals surface area contributed by atoms with Crippen LogP contribution in [0, 0.1) is 10.8 Å². The van der Waals surface area contributed by atoms with Gasteiger partial charge in [-0.15, -0.1) is 0 Å². The average Bonchev–Trinajstić information content (AvgIpc) is 2.26. The van der Waals surface area contributed by atoms with Crippen molar-refractivity contribution < 1.29 is 9.90 Å². The molecular formula is C15H22O2. The molecule has 2 nitrogen and oxygen atoms in total. The molecular weight excluding hydrogens is 212 g/mol. The number of rotatable bonds is 1. The van der Waals surface area contributed by atoms with Crippen molar-refractivity contribution in [3.05, 3.63) is 23.8 Å². The number of carboxylic acids is 1. The van der Waals surface area contributed by atoms with Gasteiger partial charge in [-0.1, -0.05) is 32.1 Å². The molecule has 1 atom stereocenters. The predicted octanol–water partition coefficient (Wildman–Crippen LogP) is 3.93. The fraction of sp³-hybridized carbons (Fsp3) is 0.667. The second-order valence-electron chi connectivity index (χ2n) is 6.16. The van der Waals surface area contributed by atoms with Gasteiger partial charge in [0.05, 0.1) is 0 Å². The molecule has 0 bridgehead atoms. The smallest absolute Gasteiger partial charge is 0.331 e. The van der Waals surface area contributed by atoms with E-state index < -0.39 is 5.97 Å². The Kier molecular flexibility index (Phi) is 2.92. The van der Waals surface area contributed by atoms with E-state index in [1.54, 1.807) is 0 Å². The molecule has 0 radical (unpaired) electrons. The van der Waals surface area contributed by atoms with Gasteiger partial charge in [0, 0.05) is 5.57 Å². The number of carbonyl (C=O) groups is 1. The normalized spacial score (nSPS) is 32.4. The minimum atomic E-state index is -0.751. The van der Waals surface area contributed by atoms with Crippen LogP contribution >= 0.6 is 0 Å². The van der Waals surface area contributed by atoms with Crippen molar-refractivity contribution in [1.82, 2.24) is 0 Å². The molecule has 2 heteroatoms. The Morgan fingerprint density at radius 3 is 2.53 bits per heavy atom. The highest BCUT2D eigenvalue weighted by molar-refractivity contribution is 5.86. The molecule has 94 valence electrons. The van der Waals surface area contributed by atoms with E-state index in [4.69, 9.17) is 5.11 Å². The van der Waals surface area contributed by atoms with E-state index in [0.29, 0.717) is 12.0 Å². The molecule has 0 unspecified atom stereocenters. The van der Waals surface area contributed by atoms with Gasteiger partial charge in [-0.25, -0.2) is 4.79 Å². The zero-order valence-corrected chi connectivity index (χ0v) is 10.9. The maximum atomic E-state index is 11.0. The van der Waals surface area contributed by atoms with Gasteiger partial charge in [-0.3, -0.25) is 0 Å². The van der Waals surface area contributed by atoms with Crippen molar-refractivity contribution in [2.45, 2.75) is 52.4 Å². The summed E-state index contributed by atoms with van der Waals surface area (Å²) in [6, 6.07) is 0. The highest BCUT2D eigenvalue weighted by atomic mass is 16.4. The van der Waals surface area contributed by atoms with E-state index in [1.807, 2.05) is 6.08 Å². The largest absolute Gasteiger partial charge is 0.478 e. The fourth-order valence-corrected chi connectivity index (χ4v) is 3.68. The first-order chi connectivity index (χ1) is 7.89. The Morgan fingerprint density at radius 1 is 1.35 bits per heavy atom. The Balaban J connectivity index is 2.31. The summed E-state index contributed by atoms with van der Waals surface area (Å²) < 4.78 is 0. The van der Waals surface area contributed by atoms with Gasteiger partial charge in [-0.2, -0.15) is 0 Å². The van der Waals surface area contributed by atoms with Crippen molar-refractivity contribution in [1.29, 1.82) is 0 Å². The lowest BCUT2D eigenvalue weighted by Crippen LogP contribution is -2.43. The Morgan fingerprint density at radius 2 is 2.06 bits per heavy atom. The van der Waals surface area contributed by atoms with Crippen LogP contribution in [0.4, 0.5) is 0 Å². The number of hydrogen-bond donors (Lipinski definition) is 1. The van der Waals surface area contributed by atoms with Crippen LogP contribution in [-0.4, -0.2) is 11.1 Å². The van der Waals surface area contributed by atoms with Gasteiger partial charge >= 0.3 is 5.97 Å². The number of hydrogen-bond acceptors (Lipinski definition) is 1. The quantitative estimate of drug-likeness (QED) is 0.698. The van der Waals surface area contributed by atoms with Gasteiger partial charge in [0.15, 0.2) is 0 Å². The summed E-state index contributed by atoms with van der Waals surface area (Å²) in [4.78, 5) is 11.0. The van der Waals surface area contributed by atoms with E-state index in [2.05, 4.69) is 20.4 Å². The lowest BCUT2D eigenvalue weighted by atomic mass is 9.51. The third-order valence-corrected chi connectivity index (χ3v) is 5.05. The topological polar surface area (TPSA) is 37.3 Å². The standard InChI is InChI=1S/C15H22O2/c1-11-5-4-8-14(2,3)15(11)9-6-12(7-10-15)13(16)17/h6H,1,4-5,7-10H2,2-3H3,(H,16,17)/t15-/m0/s1.